The lowest BCUT2D eigenvalue weighted by Crippen LogP contribution is -2.53. The fourth-order valence-electron chi connectivity index (χ4n) is 3.78. The van der Waals surface area contributed by atoms with Gasteiger partial charge in [0.1, 0.15) is 5.01 Å². The first-order valence-corrected chi connectivity index (χ1v) is 11.1. The Bertz CT molecular complexity index is 901. The molecule has 1 N–H and O–H groups in total. The van der Waals surface area contributed by atoms with E-state index in [2.05, 4.69) is 45.4 Å². The standard InChI is InChI=1S/C23H28N4OS/c1-18(23(28)24-12-11-19-7-3-2-4-8-19)27-15-13-26(14-16-27)17-22-25-20-9-5-6-10-21(20)29-22/h2-10,18H,11-17H2,1H3,(H,24,28)/t18-/m0/s1. The molecule has 0 saturated carbocycles. The van der Waals surface area contributed by atoms with Crippen LogP contribution in [0.2, 0.25) is 0 Å². The minimum atomic E-state index is -0.0876. The molecule has 1 amide bonds. The quantitative estimate of drug-likeness (QED) is 0.652. The zero-order chi connectivity index (χ0) is 20.1. The van der Waals surface area contributed by atoms with E-state index in [1.165, 1.54) is 15.3 Å². The van der Waals surface area contributed by atoms with Crippen molar-refractivity contribution < 1.29 is 4.79 Å². The van der Waals surface area contributed by atoms with Gasteiger partial charge < -0.3 is 5.32 Å². The molecule has 3 aromatic rings. The van der Waals surface area contributed by atoms with Gasteiger partial charge in [-0.1, -0.05) is 42.5 Å². The van der Waals surface area contributed by atoms with Gasteiger partial charge in [0.2, 0.25) is 5.91 Å². The van der Waals surface area contributed by atoms with Crippen molar-refractivity contribution >= 4 is 27.5 Å². The van der Waals surface area contributed by atoms with Gasteiger partial charge in [-0.15, -0.1) is 11.3 Å². The summed E-state index contributed by atoms with van der Waals surface area (Å²) >= 11 is 1.78. The lowest BCUT2D eigenvalue weighted by atomic mass is 10.1. The summed E-state index contributed by atoms with van der Waals surface area (Å²) in [6.45, 7) is 7.36. The van der Waals surface area contributed by atoms with Crippen molar-refractivity contribution in [2.45, 2.75) is 25.9 Å². The van der Waals surface area contributed by atoms with Crippen LogP contribution in [0, 0.1) is 0 Å². The third kappa shape index (κ3) is 5.21. The smallest absolute Gasteiger partial charge is 0.237 e. The van der Waals surface area contributed by atoms with E-state index in [9.17, 15) is 4.79 Å². The molecule has 1 aliphatic heterocycles. The van der Waals surface area contributed by atoms with Crippen molar-refractivity contribution in [3.63, 3.8) is 0 Å². The largest absolute Gasteiger partial charge is 0.354 e. The second-order valence-corrected chi connectivity index (χ2v) is 8.71. The van der Waals surface area contributed by atoms with Crippen LogP contribution in [-0.2, 0) is 17.8 Å². The summed E-state index contributed by atoms with van der Waals surface area (Å²) in [5.41, 5.74) is 2.34. The Morgan fingerprint density at radius 1 is 1.07 bits per heavy atom. The van der Waals surface area contributed by atoms with Crippen LogP contribution in [0.3, 0.4) is 0 Å². The van der Waals surface area contributed by atoms with Crippen LogP contribution in [0.15, 0.2) is 54.6 Å². The maximum absolute atomic E-state index is 12.5. The number of benzene rings is 2. The highest BCUT2D eigenvalue weighted by molar-refractivity contribution is 7.18. The number of amides is 1. The summed E-state index contributed by atoms with van der Waals surface area (Å²) in [5.74, 6) is 0.126. The number of fused-ring (bicyclic) bond motifs is 1. The molecule has 0 bridgehead atoms. The molecule has 0 spiro atoms. The van der Waals surface area contributed by atoms with E-state index < -0.39 is 0 Å². The van der Waals surface area contributed by atoms with Crippen LogP contribution in [0.4, 0.5) is 0 Å². The van der Waals surface area contributed by atoms with Gasteiger partial charge >= 0.3 is 0 Å². The van der Waals surface area contributed by atoms with Crippen LogP contribution in [-0.4, -0.2) is 59.5 Å². The monoisotopic (exact) mass is 408 g/mol. The minimum Gasteiger partial charge on any atom is -0.354 e. The highest BCUT2D eigenvalue weighted by Crippen LogP contribution is 2.23. The molecule has 4 rings (SSSR count). The normalized spacial score (nSPS) is 16.7. The number of piperazine rings is 1. The van der Waals surface area contributed by atoms with E-state index >= 15 is 0 Å². The van der Waals surface area contributed by atoms with Gasteiger partial charge in [-0.2, -0.15) is 0 Å². The fraction of sp³-hybridized carbons (Fsp3) is 0.391. The van der Waals surface area contributed by atoms with Crippen molar-refractivity contribution in [1.29, 1.82) is 0 Å². The van der Waals surface area contributed by atoms with Gasteiger partial charge in [-0.05, 0) is 31.0 Å². The van der Waals surface area contributed by atoms with Crippen LogP contribution in [0.25, 0.3) is 10.2 Å². The Kier molecular flexibility index (Phi) is 6.54. The van der Waals surface area contributed by atoms with Crippen LogP contribution in [0.1, 0.15) is 17.5 Å². The van der Waals surface area contributed by atoms with Crippen molar-refractivity contribution in [2.75, 3.05) is 32.7 Å². The summed E-state index contributed by atoms with van der Waals surface area (Å²) in [6, 6.07) is 18.5. The zero-order valence-electron chi connectivity index (χ0n) is 16.9. The Labute approximate surface area is 176 Å². The van der Waals surface area contributed by atoms with Gasteiger partial charge in [-0.3, -0.25) is 14.6 Å². The van der Waals surface area contributed by atoms with Crippen molar-refractivity contribution in [2.24, 2.45) is 0 Å². The number of hydrogen-bond donors (Lipinski definition) is 1. The molecule has 1 atom stereocenters. The summed E-state index contributed by atoms with van der Waals surface area (Å²) in [7, 11) is 0. The van der Waals surface area contributed by atoms with E-state index in [4.69, 9.17) is 4.98 Å². The van der Waals surface area contributed by atoms with Gasteiger partial charge in [0, 0.05) is 32.7 Å². The van der Waals surface area contributed by atoms with Gasteiger partial charge in [0.15, 0.2) is 0 Å². The first-order chi connectivity index (χ1) is 14.2. The fourth-order valence-corrected chi connectivity index (χ4v) is 4.79. The number of rotatable bonds is 7. The van der Waals surface area contributed by atoms with Crippen LogP contribution < -0.4 is 5.32 Å². The van der Waals surface area contributed by atoms with Crippen LogP contribution >= 0.6 is 11.3 Å². The molecule has 0 radical (unpaired) electrons. The summed E-state index contributed by atoms with van der Waals surface area (Å²) in [6.07, 6.45) is 0.870. The Morgan fingerprint density at radius 3 is 2.55 bits per heavy atom. The summed E-state index contributed by atoms with van der Waals surface area (Å²) in [4.78, 5) is 22.0. The summed E-state index contributed by atoms with van der Waals surface area (Å²) in [5, 5.41) is 4.26. The molecule has 1 fully saturated rings. The molecule has 6 heteroatoms. The van der Waals surface area contributed by atoms with E-state index in [1.807, 2.05) is 31.2 Å². The van der Waals surface area contributed by atoms with E-state index in [0.717, 1.165) is 44.7 Å². The third-order valence-corrected chi connectivity index (χ3v) is 6.61. The molecule has 2 heterocycles. The van der Waals surface area contributed by atoms with Gasteiger partial charge in [0.25, 0.3) is 0 Å². The molecule has 5 nitrogen and oxygen atoms in total. The van der Waals surface area contributed by atoms with E-state index in [0.29, 0.717) is 6.54 Å². The number of nitrogens with one attached hydrogen (secondary N) is 1. The maximum atomic E-state index is 12.5. The molecule has 2 aromatic carbocycles. The second kappa shape index (κ2) is 9.48. The second-order valence-electron chi connectivity index (χ2n) is 7.59. The number of hydrogen-bond acceptors (Lipinski definition) is 5. The number of carbonyl (C=O) groups is 1. The molecule has 1 aromatic heterocycles. The van der Waals surface area contributed by atoms with Crippen molar-refractivity contribution in [1.82, 2.24) is 20.1 Å². The molecule has 0 unspecified atom stereocenters. The number of para-hydroxylation sites is 1. The van der Waals surface area contributed by atoms with Crippen molar-refractivity contribution in [3.8, 4) is 0 Å². The van der Waals surface area contributed by atoms with E-state index in [1.54, 1.807) is 11.3 Å². The van der Waals surface area contributed by atoms with Gasteiger partial charge in [-0.25, -0.2) is 4.98 Å². The Hall–Kier alpha value is -2.28. The Morgan fingerprint density at radius 2 is 1.79 bits per heavy atom. The number of carbonyl (C=O) groups excluding carboxylic acids is 1. The first kappa shape index (κ1) is 20.0. The first-order valence-electron chi connectivity index (χ1n) is 10.3. The highest BCUT2D eigenvalue weighted by Gasteiger charge is 2.25. The number of nitrogens with zero attached hydrogens (tertiary/aromatic N) is 3. The minimum absolute atomic E-state index is 0.0876. The molecular weight excluding hydrogens is 380 g/mol. The summed E-state index contributed by atoms with van der Waals surface area (Å²) < 4.78 is 1.25. The molecule has 29 heavy (non-hydrogen) atoms. The lowest BCUT2D eigenvalue weighted by molar-refractivity contribution is -0.126. The zero-order valence-corrected chi connectivity index (χ0v) is 17.7. The van der Waals surface area contributed by atoms with Crippen LogP contribution in [0.5, 0.6) is 0 Å². The third-order valence-electron chi connectivity index (χ3n) is 5.59. The predicted molar refractivity (Wildman–Crippen MR) is 119 cm³/mol. The number of aromatic nitrogens is 1. The van der Waals surface area contributed by atoms with Crippen molar-refractivity contribution in [3.05, 3.63) is 65.2 Å². The molecular formula is C23H28N4OS. The molecule has 0 aliphatic carbocycles. The van der Waals surface area contributed by atoms with E-state index in [-0.39, 0.29) is 11.9 Å². The predicted octanol–water partition coefficient (Wildman–Crippen LogP) is 3.16. The average molecular weight is 409 g/mol. The maximum Gasteiger partial charge on any atom is 0.237 e. The molecule has 1 aliphatic rings. The highest BCUT2D eigenvalue weighted by atomic mass is 32.1. The SMILES string of the molecule is C[C@@H](C(=O)NCCc1ccccc1)N1CCN(Cc2nc3ccccc3s2)CC1. The molecule has 1 saturated heterocycles. The topological polar surface area (TPSA) is 48.5 Å². The average Bonchev–Trinajstić information content (AvgIpc) is 3.17. The Balaban J connectivity index is 1.21. The number of thiazole rings is 1. The molecule has 152 valence electrons. The van der Waals surface area contributed by atoms with Gasteiger partial charge in [0.05, 0.1) is 22.8 Å². The lowest BCUT2D eigenvalue weighted by Gasteiger charge is -2.37.